The summed E-state index contributed by atoms with van der Waals surface area (Å²) in [6.45, 7) is 7.96. The third-order valence-corrected chi connectivity index (χ3v) is 6.14. The van der Waals surface area contributed by atoms with Crippen molar-refractivity contribution < 1.29 is 23.8 Å². The van der Waals surface area contributed by atoms with Crippen molar-refractivity contribution in [2.75, 3.05) is 7.11 Å². The van der Waals surface area contributed by atoms with Gasteiger partial charge >= 0.3 is 11.9 Å². The lowest BCUT2D eigenvalue weighted by Crippen LogP contribution is -2.26. The van der Waals surface area contributed by atoms with Crippen molar-refractivity contribution in [3.63, 3.8) is 0 Å². The molecule has 5 heteroatoms. The Balaban J connectivity index is 1.92. The Morgan fingerprint density at radius 2 is 1.96 bits per heavy atom. The molecule has 5 nitrogen and oxygen atoms in total. The van der Waals surface area contributed by atoms with E-state index in [9.17, 15) is 9.59 Å². The largest absolute Gasteiger partial charge is 0.466 e. The number of esters is 2. The predicted molar refractivity (Wildman–Crippen MR) is 102 cm³/mol. The number of hydrogen-bond acceptors (Lipinski definition) is 5. The first-order chi connectivity index (χ1) is 12.7. The lowest BCUT2D eigenvalue weighted by atomic mass is 9.86. The van der Waals surface area contributed by atoms with Crippen molar-refractivity contribution in [2.24, 2.45) is 0 Å². The molecular formula is C22H30O5. The second-order valence-corrected chi connectivity index (χ2v) is 8.31. The van der Waals surface area contributed by atoms with E-state index < -0.39 is 5.60 Å². The quantitative estimate of drug-likeness (QED) is 0.391. The maximum atomic E-state index is 12.2. The van der Waals surface area contributed by atoms with Crippen molar-refractivity contribution in [3.05, 3.63) is 34.4 Å². The minimum Gasteiger partial charge on any atom is -0.466 e. The number of ether oxygens (including phenoxy) is 3. The molecule has 0 N–H and O–H groups in total. The molecule has 1 fully saturated rings. The molecule has 0 aromatic heterocycles. The zero-order valence-electron chi connectivity index (χ0n) is 17.0. The number of carbonyl (C=O) groups excluding carboxylic acids is 2. The molecule has 0 saturated carbocycles. The fourth-order valence-electron chi connectivity index (χ4n) is 4.37. The van der Waals surface area contributed by atoms with Crippen LogP contribution in [0.5, 0.6) is 0 Å². The summed E-state index contributed by atoms with van der Waals surface area (Å²) in [7, 11) is 1.40. The van der Waals surface area contributed by atoms with Gasteiger partial charge in [-0.15, -0.1) is 0 Å². The molecule has 0 amide bonds. The Morgan fingerprint density at radius 1 is 1.22 bits per heavy atom. The van der Waals surface area contributed by atoms with E-state index in [1.165, 1.54) is 12.7 Å². The molecule has 2 aliphatic heterocycles. The van der Waals surface area contributed by atoms with Crippen LogP contribution < -0.4 is 0 Å². The minimum atomic E-state index is -0.746. The monoisotopic (exact) mass is 374 g/mol. The minimum absolute atomic E-state index is 0.104. The smallest absolute Gasteiger partial charge is 0.335 e. The van der Waals surface area contributed by atoms with E-state index in [4.69, 9.17) is 14.2 Å². The van der Waals surface area contributed by atoms with Gasteiger partial charge in [0, 0.05) is 11.1 Å². The lowest BCUT2D eigenvalue weighted by molar-refractivity contribution is -0.143. The van der Waals surface area contributed by atoms with Crippen LogP contribution in [0.3, 0.4) is 0 Å². The van der Waals surface area contributed by atoms with Crippen LogP contribution in [0.2, 0.25) is 0 Å². The van der Waals surface area contributed by atoms with Gasteiger partial charge in [-0.3, -0.25) is 0 Å². The van der Waals surface area contributed by atoms with Gasteiger partial charge in [-0.25, -0.2) is 9.59 Å². The van der Waals surface area contributed by atoms with Crippen LogP contribution in [-0.2, 0) is 23.8 Å². The Morgan fingerprint density at radius 3 is 2.67 bits per heavy atom. The standard InChI is InChI=1S/C22H30O5/c1-14-8-11-18-21(3,26-18)12-6-7-16(20(24)25-5)9-10-17-15(2)19(23)27-22(17,4)13-14/h7,13,18H,6,8-12H2,1-5H3/b14-13+,16-7+/t18-,21-,22-/m0/s1. The van der Waals surface area contributed by atoms with E-state index in [-0.39, 0.29) is 23.6 Å². The summed E-state index contributed by atoms with van der Waals surface area (Å²) in [4.78, 5) is 24.4. The van der Waals surface area contributed by atoms with E-state index >= 15 is 0 Å². The molecule has 0 radical (unpaired) electrons. The number of allylic oxidation sites excluding steroid dienone is 2. The van der Waals surface area contributed by atoms with Gasteiger partial charge in [-0.05, 0) is 77.9 Å². The zero-order chi connectivity index (χ0) is 19.8. The maximum absolute atomic E-state index is 12.2. The van der Waals surface area contributed by atoms with Gasteiger partial charge in [0.05, 0.1) is 18.8 Å². The Kier molecular flexibility index (Phi) is 5.35. The molecule has 0 bridgehead atoms. The van der Waals surface area contributed by atoms with Crippen molar-refractivity contribution in [1.29, 1.82) is 0 Å². The van der Waals surface area contributed by atoms with Crippen LogP contribution in [-0.4, -0.2) is 36.4 Å². The average molecular weight is 374 g/mol. The van der Waals surface area contributed by atoms with Crippen LogP contribution in [0.4, 0.5) is 0 Å². The Hall–Kier alpha value is -1.88. The van der Waals surface area contributed by atoms with E-state index in [1.807, 2.05) is 13.0 Å². The molecule has 1 saturated heterocycles. The van der Waals surface area contributed by atoms with Gasteiger partial charge in [0.25, 0.3) is 0 Å². The average Bonchev–Trinajstić information content (AvgIpc) is 3.20. The van der Waals surface area contributed by atoms with Crippen LogP contribution in [0.15, 0.2) is 34.4 Å². The number of rotatable bonds is 1. The third-order valence-electron chi connectivity index (χ3n) is 6.14. The van der Waals surface area contributed by atoms with E-state index in [0.717, 1.165) is 31.3 Å². The molecule has 27 heavy (non-hydrogen) atoms. The number of methoxy groups -OCH3 is 1. The summed E-state index contributed by atoms with van der Waals surface area (Å²) in [5, 5.41) is 0. The van der Waals surface area contributed by atoms with E-state index in [0.29, 0.717) is 24.0 Å². The van der Waals surface area contributed by atoms with Crippen molar-refractivity contribution in [1.82, 2.24) is 0 Å². The second-order valence-electron chi connectivity index (χ2n) is 8.31. The lowest BCUT2D eigenvalue weighted by Gasteiger charge is -2.25. The normalized spacial score (nSPS) is 38.4. The molecular weight excluding hydrogens is 344 g/mol. The summed E-state index contributed by atoms with van der Waals surface area (Å²) in [5.41, 5.74) is 2.59. The summed E-state index contributed by atoms with van der Waals surface area (Å²) >= 11 is 0. The maximum Gasteiger partial charge on any atom is 0.335 e. The number of fused-ring (bicyclic) bond motifs is 2. The number of hydrogen-bond donors (Lipinski definition) is 0. The highest BCUT2D eigenvalue weighted by Gasteiger charge is 2.50. The second kappa shape index (κ2) is 7.27. The fraction of sp³-hybridized carbons (Fsp3) is 0.636. The molecule has 3 atom stereocenters. The molecule has 0 spiro atoms. The number of epoxide rings is 1. The topological polar surface area (TPSA) is 65.1 Å². The highest BCUT2D eigenvalue weighted by molar-refractivity contribution is 5.93. The first kappa shape index (κ1) is 19.9. The highest BCUT2D eigenvalue weighted by Crippen LogP contribution is 2.44. The van der Waals surface area contributed by atoms with E-state index in [2.05, 4.69) is 19.9 Å². The van der Waals surface area contributed by atoms with Gasteiger partial charge in [0.1, 0.15) is 5.60 Å². The van der Waals surface area contributed by atoms with Gasteiger partial charge in [-0.1, -0.05) is 11.6 Å². The van der Waals surface area contributed by atoms with E-state index in [1.54, 1.807) is 6.92 Å². The summed E-state index contributed by atoms with van der Waals surface area (Å²) in [6.07, 6.45) is 8.93. The van der Waals surface area contributed by atoms with Crippen molar-refractivity contribution in [3.8, 4) is 0 Å². The molecule has 0 aromatic carbocycles. The third kappa shape index (κ3) is 4.03. The summed E-state index contributed by atoms with van der Waals surface area (Å²) in [5.74, 6) is -0.583. The van der Waals surface area contributed by atoms with Crippen molar-refractivity contribution in [2.45, 2.75) is 83.5 Å². The highest BCUT2D eigenvalue weighted by atomic mass is 16.6. The molecule has 148 valence electrons. The van der Waals surface area contributed by atoms with Crippen molar-refractivity contribution >= 4 is 11.9 Å². The van der Waals surface area contributed by atoms with Gasteiger partial charge in [0.15, 0.2) is 0 Å². The van der Waals surface area contributed by atoms with Crippen LogP contribution in [0.1, 0.15) is 66.2 Å². The van der Waals surface area contributed by atoms with Crippen LogP contribution >= 0.6 is 0 Å². The van der Waals surface area contributed by atoms with Gasteiger partial charge in [-0.2, -0.15) is 0 Å². The summed E-state index contributed by atoms with van der Waals surface area (Å²) in [6, 6.07) is 0. The molecule has 2 heterocycles. The SMILES string of the molecule is COC(=O)/C1=C/CC[C@]2(C)O[C@H]2CC/C(C)=C/[C@]2(C)OC(=O)C(C)=C2CC1. The Labute approximate surface area is 161 Å². The molecule has 3 rings (SSSR count). The molecule has 0 unspecified atom stereocenters. The molecule has 3 aliphatic rings. The van der Waals surface area contributed by atoms with Crippen LogP contribution in [0.25, 0.3) is 0 Å². The zero-order valence-corrected chi connectivity index (χ0v) is 17.0. The first-order valence-electron chi connectivity index (χ1n) is 9.75. The van der Waals surface area contributed by atoms with Gasteiger partial charge in [0.2, 0.25) is 0 Å². The summed E-state index contributed by atoms with van der Waals surface area (Å²) < 4.78 is 16.6. The first-order valence-corrected chi connectivity index (χ1v) is 9.75. The fourth-order valence-corrected chi connectivity index (χ4v) is 4.37. The predicted octanol–water partition coefficient (Wildman–Crippen LogP) is 4.18. The molecule has 0 aromatic rings. The Bertz CT molecular complexity index is 744. The van der Waals surface area contributed by atoms with Gasteiger partial charge < -0.3 is 14.2 Å². The van der Waals surface area contributed by atoms with Crippen LogP contribution in [0, 0.1) is 0 Å². The number of carbonyl (C=O) groups is 2. The molecule has 1 aliphatic carbocycles.